The van der Waals surface area contributed by atoms with Crippen LogP contribution in [-0.4, -0.2) is 43.4 Å². The minimum absolute atomic E-state index is 0.0140. The van der Waals surface area contributed by atoms with Gasteiger partial charge in [0.2, 0.25) is 0 Å². The lowest BCUT2D eigenvalue weighted by Gasteiger charge is -2.42. The summed E-state index contributed by atoms with van der Waals surface area (Å²) in [4.78, 5) is 3.69. The largest absolute Gasteiger partial charge is 0.396 e. The summed E-state index contributed by atoms with van der Waals surface area (Å²) in [5.74, 6) is 0. The van der Waals surface area contributed by atoms with Gasteiger partial charge < -0.3 is 14.7 Å². The molecule has 1 aliphatic heterocycles. The molecule has 1 aromatic heterocycles. The summed E-state index contributed by atoms with van der Waals surface area (Å²) >= 11 is 1.80. The third-order valence-corrected chi connectivity index (χ3v) is 4.15. The van der Waals surface area contributed by atoms with Crippen molar-refractivity contribution in [2.45, 2.75) is 13.5 Å². The molecule has 90 valence electrons. The van der Waals surface area contributed by atoms with Crippen LogP contribution in [0.1, 0.15) is 10.4 Å². The first-order valence-corrected chi connectivity index (χ1v) is 6.43. The van der Waals surface area contributed by atoms with Crippen LogP contribution in [0.4, 0.5) is 0 Å². The van der Waals surface area contributed by atoms with Crippen molar-refractivity contribution in [3.63, 3.8) is 0 Å². The van der Waals surface area contributed by atoms with E-state index in [0.29, 0.717) is 13.2 Å². The minimum Gasteiger partial charge on any atom is -0.396 e. The zero-order chi connectivity index (χ0) is 11.6. The Hall–Kier alpha value is -0.420. The molecule has 0 unspecified atom stereocenters. The quantitative estimate of drug-likeness (QED) is 0.848. The van der Waals surface area contributed by atoms with E-state index in [1.165, 1.54) is 10.4 Å². The maximum absolute atomic E-state index is 9.36. The molecule has 1 aromatic rings. The van der Waals surface area contributed by atoms with Gasteiger partial charge in [-0.15, -0.1) is 11.3 Å². The van der Waals surface area contributed by atoms with Crippen LogP contribution in [0, 0.1) is 12.3 Å². The zero-order valence-corrected chi connectivity index (χ0v) is 10.7. The van der Waals surface area contributed by atoms with Gasteiger partial charge >= 0.3 is 0 Å². The molecule has 1 saturated heterocycles. The monoisotopic (exact) mass is 241 g/mol. The predicted octanol–water partition coefficient (Wildman–Crippen LogP) is 1.50. The normalized spacial score (nSPS) is 18.8. The highest BCUT2D eigenvalue weighted by atomic mass is 32.1. The van der Waals surface area contributed by atoms with Crippen LogP contribution < -0.4 is 0 Å². The fraction of sp³-hybridized carbons (Fsp3) is 0.667. The lowest BCUT2D eigenvalue weighted by molar-refractivity contribution is -0.146. The Morgan fingerprint density at radius 1 is 1.56 bits per heavy atom. The Labute approximate surface area is 101 Å². The fourth-order valence-electron chi connectivity index (χ4n) is 2.06. The van der Waals surface area contributed by atoms with Crippen LogP contribution in [0.25, 0.3) is 0 Å². The van der Waals surface area contributed by atoms with Gasteiger partial charge in [-0.2, -0.15) is 0 Å². The van der Waals surface area contributed by atoms with E-state index in [-0.39, 0.29) is 12.0 Å². The molecule has 0 spiro atoms. The lowest BCUT2D eigenvalue weighted by atomic mass is 9.86. The maximum atomic E-state index is 9.36. The molecule has 0 radical (unpaired) electrons. The van der Waals surface area contributed by atoms with Gasteiger partial charge in [-0.05, 0) is 31.0 Å². The molecule has 0 aromatic carbocycles. The molecule has 0 amide bonds. The molecular weight excluding hydrogens is 222 g/mol. The molecule has 0 atom stereocenters. The van der Waals surface area contributed by atoms with Crippen LogP contribution in [0.3, 0.4) is 0 Å². The molecule has 16 heavy (non-hydrogen) atoms. The van der Waals surface area contributed by atoms with E-state index in [0.717, 1.165) is 13.1 Å². The van der Waals surface area contributed by atoms with Gasteiger partial charge in [0.25, 0.3) is 0 Å². The standard InChI is InChI=1S/C12H19NO2S/c1-10-3-4-16-11(10)5-13(2)6-12(7-14)8-15-9-12/h3-4,14H,5-9H2,1-2H3. The van der Waals surface area contributed by atoms with Crippen molar-refractivity contribution in [1.82, 2.24) is 4.90 Å². The van der Waals surface area contributed by atoms with Crippen LogP contribution in [0.15, 0.2) is 11.4 Å². The number of thiophene rings is 1. The van der Waals surface area contributed by atoms with Gasteiger partial charge in [-0.1, -0.05) is 0 Å². The second-order valence-corrected chi connectivity index (χ2v) is 5.85. The van der Waals surface area contributed by atoms with Crippen LogP contribution >= 0.6 is 11.3 Å². The van der Waals surface area contributed by atoms with Gasteiger partial charge in [0, 0.05) is 18.0 Å². The predicted molar refractivity (Wildman–Crippen MR) is 65.7 cm³/mol. The van der Waals surface area contributed by atoms with Crippen molar-refractivity contribution in [2.24, 2.45) is 5.41 Å². The summed E-state index contributed by atoms with van der Waals surface area (Å²) in [6.45, 7) is 5.62. The van der Waals surface area contributed by atoms with E-state index in [4.69, 9.17) is 4.74 Å². The molecule has 1 fully saturated rings. The Morgan fingerprint density at radius 3 is 2.75 bits per heavy atom. The number of aryl methyl sites for hydroxylation is 1. The van der Waals surface area contributed by atoms with Gasteiger partial charge in [0.15, 0.2) is 0 Å². The lowest BCUT2D eigenvalue weighted by Crippen LogP contribution is -2.52. The number of nitrogens with zero attached hydrogens (tertiary/aromatic N) is 1. The average Bonchev–Trinajstić information content (AvgIpc) is 2.58. The maximum Gasteiger partial charge on any atom is 0.0579 e. The first kappa shape index (κ1) is 12.0. The molecule has 4 heteroatoms. The summed E-state index contributed by atoms with van der Waals surface area (Å²) in [6, 6.07) is 2.15. The summed E-state index contributed by atoms with van der Waals surface area (Å²) in [5, 5.41) is 11.5. The summed E-state index contributed by atoms with van der Waals surface area (Å²) in [6.07, 6.45) is 0. The van der Waals surface area contributed by atoms with E-state index >= 15 is 0 Å². The Balaban J connectivity index is 1.89. The molecule has 2 heterocycles. The van der Waals surface area contributed by atoms with E-state index in [2.05, 4.69) is 30.3 Å². The van der Waals surface area contributed by atoms with Crippen molar-refractivity contribution in [3.05, 3.63) is 21.9 Å². The summed E-state index contributed by atoms with van der Waals surface area (Å²) in [5.41, 5.74) is 1.35. The zero-order valence-electron chi connectivity index (χ0n) is 9.90. The third kappa shape index (κ3) is 2.46. The van der Waals surface area contributed by atoms with Crippen LogP contribution in [-0.2, 0) is 11.3 Å². The second kappa shape index (κ2) is 4.84. The Bertz CT molecular complexity index is 341. The smallest absolute Gasteiger partial charge is 0.0579 e. The van der Waals surface area contributed by atoms with E-state index in [1.807, 2.05) is 0 Å². The second-order valence-electron chi connectivity index (χ2n) is 4.85. The van der Waals surface area contributed by atoms with Crippen molar-refractivity contribution < 1.29 is 9.84 Å². The number of aliphatic hydroxyl groups excluding tert-OH is 1. The van der Waals surface area contributed by atoms with E-state index in [9.17, 15) is 5.11 Å². The summed E-state index contributed by atoms with van der Waals surface area (Å²) in [7, 11) is 2.11. The summed E-state index contributed by atoms with van der Waals surface area (Å²) < 4.78 is 5.20. The highest BCUT2D eigenvalue weighted by molar-refractivity contribution is 7.10. The molecular formula is C12H19NO2S. The number of hydrogen-bond donors (Lipinski definition) is 1. The average molecular weight is 241 g/mol. The molecule has 1 N–H and O–H groups in total. The van der Waals surface area contributed by atoms with Crippen molar-refractivity contribution in [1.29, 1.82) is 0 Å². The van der Waals surface area contributed by atoms with Gasteiger partial charge in [-0.3, -0.25) is 0 Å². The fourth-order valence-corrected chi connectivity index (χ4v) is 3.05. The van der Waals surface area contributed by atoms with Gasteiger partial charge in [0.05, 0.1) is 25.2 Å². The Kier molecular flexibility index (Phi) is 3.64. The van der Waals surface area contributed by atoms with Gasteiger partial charge in [-0.25, -0.2) is 0 Å². The van der Waals surface area contributed by atoms with Crippen molar-refractivity contribution in [2.75, 3.05) is 33.4 Å². The SMILES string of the molecule is Cc1ccsc1CN(C)CC1(CO)COC1. The number of rotatable bonds is 5. The molecule has 0 aliphatic carbocycles. The highest BCUT2D eigenvalue weighted by Gasteiger charge is 2.38. The number of hydrogen-bond acceptors (Lipinski definition) is 4. The van der Waals surface area contributed by atoms with Crippen molar-refractivity contribution in [3.8, 4) is 0 Å². The molecule has 1 aliphatic rings. The molecule has 2 rings (SSSR count). The third-order valence-electron chi connectivity index (χ3n) is 3.14. The molecule has 3 nitrogen and oxygen atoms in total. The van der Waals surface area contributed by atoms with Crippen molar-refractivity contribution >= 4 is 11.3 Å². The highest BCUT2D eigenvalue weighted by Crippen LogP contribution is 2.28. The first-order valence-electron chi connectivity index (χ1n) is 5.55. The van der Waals surface area contributed by atoms with Crippen LogP contribution in [0.5, 0.6) is 0 Å². The topological polar surface area (TPSA) is 32.7 Å². The molecule has 0 saturated carbocycles. The Morgan fingerprint density at radius 2 is 2.31 bits per heavy atom. The van der Waals surface area contributed by atoms with Gasteiger partial charge in [0.1, 0.15) is 0 Å². The number of ether oxygens (including phenoxy) is 1. The number of aliphatic hydroxyl groups is 1. The van der Waals surface area contributed by atoms with E-state index in [1.54, 1.807) is 11.3 Å². The first-order chi connectivity index (χ1) is 7.65. The van der Waals surface area contributed by atoms with Crippen LogP contribution in [0.2, 0.25) is 0 Å². The minimum atomic E-state index is -0.0140. The van der Waals surface area contributed by atoms with E-state index < -0.39 is 0 Å². The molecule has 0 bridgehead atoms.